The number of rotatable bonds is 3. The molecule has 0 fully saturated rings. The summed E-state index contributed by atoms with van der Waals surface area (Å²) in [6.45, 7) is 2.59. The van der Waals surface area contributed by atoms with Crippen molar-refractivity contribution < 1.29 is 0 Å². The van der Waals surface area contributed by atoms with E-state index in [4.69, 9.17) is 5.26 Å². The minimum Gasteiger partial charge on any atom is -0.308 e. The van der Waals surface area contributed by atoms with E-state index in [1.165, 1.54) is 24.0 Å². The Kier molecular flexibility index (Phi) is 4.11. The lowest BCUT2D eigenvalue weighted by Gasteiger charge is -2.18. The molecular weight excluding hydrogens is 272 g/mol. The first-order chi connectivity index (χ1) is 10.7. The van der Waals surface area contributed by atoms with Crippen molar-refractivity contribution in [2.24, 2.45) is 0 Å². The standard InChI is InChI=1S/C19H20N2O/c1-2-21-18(10-9-15(11-12-20)19(21)22)17-8-7-14-5-3-4-6-16(14)13-17/h7-10,13H,2-6,11H2,1H3. The molecule has 112 valence electrons. The summed E-state index contributed by atoms with van der Waals surface area (Å²) >= 11 is 0. The molecule has 3 rings (SSSR count). The van der Waals surface area contributed by atoms with Crippen LogP contribution in [0, 0.1) is 11.3 Å². The van der Waals surface area contributed by atoms with Crippen LogP contribution in [0.2, 0.25) is 0 Å². The van der Waals surface area contributed by atoms with Gasteiger partial charge in [-0.25, -0.2) is 0 Å². The number of aromatic nitrogens is 1. The van der Waals surface area contributed by atoms with Gasteiger partial charge in [0.1, 0.15) is 0 Å². The van der Waals surface area contributed by atoms with Crippen LogP contribution in [0.1, 0.15) is 36.5 Å². The molecule has 1 aromatic carbocycles. The van der Waals surface area contributed by atoms with Gasteiger partial charge >= 0.3 is 0 Å². The molecule has 0 amide bonds. The summed E-state index contributed by atoms with van der Waals surface area (Å²) in [6, 6.07) is 12.4. The Morgan fingerprint density at radius 1 is 1.14 bits per heavy atom. The third-order valence-corrected chi connectivity index (χ3v) is 4.48. The molecule has 0 N–H and O–H groups in total. The number of hydrogen-bond acceptors (Lipinski definition) is 2. The number of nitrogens with zero attached hydrogens (tertiary/aromatic N) is 2. The fourth-order valence-electron chi connectivity index (χ4n) is 3.30. The molecule has 1 aromatic heterocycles. The molecule has 22 heavy (non-hydrogen) atoms. The number of nitriles is 1. The minimum atomic E-state index is -0.0423. The molecule has 0 aliphatic heterocycles. The molecule has 0 saturated carbocycles. The molecule has 0 radical (unpaired) electrons. The number of hydrogen-bond donors (Lipinski definition) is 0. The van der Waals surface area contributed by atoms with Gasteiger partial charge in [-0.15, -0.1) is 0 Å². The van der Waals surface area contributed by atoms with Gasteiger partial charge in [-0.05, 0) is 61.4 Å². The largest absolute Gasteiger partial charge is 0.308 e. The Morgan fingerprint density at radius 3 is 2.64 bits per heavy atom. The SMILES string of the molecule is CCn1c(-c2ccc3c(c2)CCCC3)ccc(CC#N)c1=O. The maximum absolute atomic E-state index is 12.5. The van der Waals surface area contributed by atoms with E-state index in [-0.39, 0.29) is 12.0 Å². The van der Waals surface area contributed by atoms with Crippen LogP contribution in [0.25, 0.3) is 11.3 Å². The maximum Gasteiger partial charge on any atom is 0.255 e. The highest BCUT2D eigenvalue weighted by Gasteiger charge is 2.13. The molecule has 0 spiro atoms. The quantitative estimate of drug-likeness (QED) is 0.869. The van der Waals surface area contributed by atoms with E-state index in [0.29, 0.717) is 12.1 Å². The highest BCUT2D eigenvalue weighted by Crippen LogP contribution is 2.27. The zero-order valence-electron chi connectivity index (χ0n) is 12.9. The molecule has 0 bridgehead atoms. The maximum atomic E-state index is 12.5. The van der Waals surface area contributed by atoms with Crippen molar-refractivity contribution in [3.05, 3.63) is 57.4 Å². The first kappa shape index (κ1) is 14.6. The molecule has 1 aliphatic rings. The van der Waals surface area contributed by atoms with Gasteiger partial charge in [0.15, 0.2) is 0 Å². The fraction of sp³-hybridized carbons (Fsp3) is 0.368. The second-order valence-corrected chi connectivity index (χ2v) is 5.82. The van der Waals surface area contributed by atoms with Crippen molar-refractivity contribution >= 4 is 0 Å². The molecule has 0 saturated heterocycles. The third-order valence-electron chi connectivity index (χ3n) is 4.48. The highest BCUT2D eigenvalue weighted by molar-refractivity contribution is 5.62. The molecular formula is C19H20N2O. The summed E-state index contributed by atoms with van der Waals surface area (Å²) < 4.78 is 1.78. The molecule has 3 nitrogen and oxygen atoms in total. The molecule has 1 aliphatic carbocycles. The number of fused-ring (bicyclic) bond motifs is 1. The van der Waals surface area contributed by atoms with Crippen LogP contribution in [0.3, 0.4) is 0 Å². The lowest BCUT2D eigenvalue weighted by molar-refractivity contribution is 0.685. The van der Waals surface area contributed by atoms with Crippen LogP contribution < -0.4 is 5.56 Å². The first-order valence-electron chi connectivity index (χ1n) is 7.96. The summed E-state index contributed by atoms with van der Waals surface area (Å²) in [5, 5.41) is 8.83. The predicted octanol–water partition coefficient (Wildman–Crippen LogP) is 3.48. The number of pyridine rings is 1. The molecule has 0 atom stereocenters. The lowest BCUT2D eigenvalue weighted by atomic mass is 9.90. The van der Waals surface area contributed by atoms with E-state index in [9.17, 15) is 4.79 Å². The Bertz CT molecular complexity index is 796. The Morgan fingerprint density at radius 2 is 1.91 bits per heavy atom. The molecule has 2 aromatic rings. The van der Waals surface area contributed by atoms with Gasteiger partial charge in [-0.2, -0.15) is 5.26 Å². The second-order valence-electron chi connectivity index (χ2n) is 5.82. The summed E-state index contributed by atoms with van der Waals surface area (Å²) in [5.41, 5.74) is 5.44. The van der Waals surface area contributed by atoms with Crippen molar-refractivity contribution in [2.75, 3.05) is 0 Å². The number of benzene rings is 1. The van der Waals surface area contributed by atoms with Gasteiger partial charge in [0.2, 0.25) is 0 Å². The fourth-order valence-corrected chi connectivity index (χ4v) is 3.30. The molecule has 0 unspecified atom stereocenters. The average Bonchev–Trinajstić information content (AvgIpc) is 2.56. The Labute approximate surface area is 130 Å². The van der Waals surface area contributed by atoms with Gasteiger partial charge in [0.25, 0.3) is 5.56 Å². The van der Waals surface area contributed by atoms with Gasteiger partial charge in [0.05, 0.1) is 18.2 Å². The average molecular weight is 292 g/mol. The zero-order chi connectivity index (χ0) is 15.5. The van der Waals surface area contributed by atoms with Crippen LogP contribution in [0.5, 0.6) is 0 Å². The normalized spacial score (nSPS) is 13.5. The highest BCUT2D eigenvalue weighted by atomic mass is 16.1. The second kappa shape index (κ2) is 6.19. The smallest absolute Gasteiger partial charge is 0.255 e. The minimum absolute atomic E-state index is 0.0423. The van der Waals surface area contributed by atoms with E-state index in [2.05, 4.69) is 24.3 Å². The topological polar surface area (TPSA) is 45.8 Å². The van der Waals surface area contributed by atoms with Crippen LogP contribution >= 0.6 is 0 Å². The van der Waals surface area contributed by atoms with E-state index in [1.54, 1.807) is 10.6 Å². The zero-order valence-corrected chi connectivity index (χ0v) is 12.9. The van der Waals surface area contributed by atoms with Gasteiger partial charge in [-0.3, -0.25) is 4.79 Å². The van der Waals surface area contributed by atoms with Crippen LogP contribution in [0.15, 0.2) is 35.1 Å². The summed E-state index contributed by atoms with van der Waals surface area (Å²) in [7, 11) is 0. The van der Waals surface area contributed by atoms with Gasteiger partial charge < -0.3 is 4.57 Å². The summed E-state index contributed by atoms with van der Waals surface area (Å²) in [6.07, 6.45) is 4.99. The van der Waals surface area contributed by atoms with Crippen molar-refractivity contribution in [3.63, 3.8) is 0 Å². The monoisotopic (exact) mass is 292 g/mol. The van der Waals surface area contributed by atoms with E-state index < -0.39 is 0 Å². The summed E-state index contributed by atoms with van der Waals surface area (Å²) in [4.78, 5) is 12.5. The predicted molar refractivity (Wildman–Crippen MR) is 87.8 cm³/mol. The van der Waals surface area contributed by atoms with Crippen molar-refractivity contribution in [1.82, 2.24) is 4.57 Å². The van der Waals surface area contributed by atoms with Crippen molar-refractivity contribution in [2.45, 2.75) is 45.6 Å². The van der Waals surface area contributed by atoms with Gasteiger partial charge in [0, 0.05) is 12.1 Å². The van der Waals surface area contributed by atoms with E-state index in [1.807, 2.05) is 13.0 Å². The number of aryl methyl sites for hydroxylation is 2. The van der Waals surface area contributed by atoms with Crippen LogP contribution in [-0.2, 0) is 25.8 Å². The van der Waals surface area contributed by atoms with E-state index in [0.717, 1.165) is 24.1 Å². The summed E-state index contributed by atoms with van der Waals surface area (Å²) in [5.74, 6) is 0. The van der Waals surface area contributed by atoms with E-state index >= 15 is 0 Å². The first-order valence-corrected chi connectivity index (χ1v) is 7.96. The molecule has 1 heterocycles. The Balaban J connectivity index is 2.10. The third kappa shape index (κ3) is 2.57. The van der Waals surface area contributed by atoms with Crippen molar-refractivity contribution in [1.29, 1.82) is 5.26 Å². The molecule has 3 heteroatoms. The van der Waals surface area contributed by atoms with Crippen LogP contribution in [-0.4, -0.2) is 4.57 Å². The lowest BCUT2D eigenvalue weighted by Crippen LogP contribution is -2.24. The van der Waals surface area contributed by atoms with Crippen molar-refractivity contribution in [3.8, 4) is 17.3 Å². The van der Waals surface area contributed by atoms with Crippen LogP contribution in [0.4, 0.5) is 0 Å². The van der Waals surface area contributed by atoms with Gasteiger partial charge in [-0.1, -0.05) is 18.2 Å². The Hall–Kier alpha value is -2.34.